The van der Waals surface area contributed by atoms with Crippen LogP contribution in [0.4, 0.5) is 0 Å². The minimum Gasteiger partial charge on any atom is -0.396 e. The Morgan fingerprint density at radius 2 is 2.17 bits per heavy atom. The van der Waals surface area contributed by atoms with Gasteiger partial charge in [0.15, 0.2) is 0 Å². The molecule has 1 amide bonds. The number of hydrogen-bond donors (Lipinski definition) is 3. The molecule has 0 saturated heterocycles. The molecule has 1 aromatic carbocycles. The first kappa shape index (κ1) is 16.1. The van der Waals surface area contributed by atoms with Crippen molar-refractivity contribution in [3.05, 3.63) is 35.5 Å². The van der Waals surface area contributed by atoms with E-state index in [1.165, 1.54) is 16.5 Å². The Bertz CT molecular complexity index is 677. The number of rotatable bonds is 5. The molecule has 1 saturated carbocycles. The average molecular weight is 314 g/mol. The maximum atomic E-state index is 12.3. The molecule has 2 atom stereocenters. The molecule has 3 rings (SSSR count). The number of carbonyl (C=O) groups excluding carboxylic acids is 1. The number of aliphatic hydroxyl groups is 1. The maximum Gasteiger partial charge on any atom is 0.220 e. The summed E-state index contributed by atoms with van der Waals surface area (Å²) in [7, 11) is 0. The predicted octanol–water partition coefficient (Wildman–Crippen LogP) is 3.08. The van der Waals surface area contributed by atoms with Crippen molar-refractivity contribution < 1.29 is 9.90 Å². The van der Waals surface area contributed by atoms with Crippen molar-refractivity contribution in [2.24, 2.45) is 5.92 Å². The molecule has 1 aliphatic carbocycles. The standard InChI is InChI=1S/C19H26N2O2/c1-13-6-8-18-16(10-13)14(11-20-18)7-9-19(23)21-17-5-3-2-4-15(17)12-22/h6,8,10-11,15,17,20,22H,2-5,7,9,12H2,1H3,(H,21,23). The molecule has 2 unspecified atom stereocenters. The Morgan fingerprint density at radius 1 is 1.35 bits per heavy atom. The molecule has 0 radical (unpaired) electrons. The van der Waals surface area contributed by atoms with Gasteiger partial charge in [-0.1, -0.05) is 24.5 Å². The first-order valence-electron chi connectivity index (χ1n) is 8.64. The summed E-state index contributed by atoms with van der Waals surface area (Å²) in [5.41, 5.74) is 3.55. The van der Waals surface area contributed by atoms with Crippen LogP contribution >= 0.6 is 0 Å². The third kappa shape index (κ3) is 3.75. The number of aliphatic hydroxyl groups excluding tert-OH is 1. The Labute approximate surface area is 137 Å². The number of hydrogen-bond acceptors (Lipinski definition) is 2. The Kier molecular flexibility index (Phi) is 5.01. The van der Waals surface area contributed by atoms with Gasteiger partial charge in [0.25, 0.3) is 0 Å². The topological polar surface area (TPSA) is 65.1 Å². The summed E-state index contributed by atoms with van der Waals surface area (Å²) in [4.78, 5) is 15.5. The minimum absolute atomic E-state index is 0.0948. The predicted molar refractivity (Wildman–Crippen MR) is 92.3 cm³/mol. The van der Waals surface area contributed by atoms with E-state index in [1.807, 2.05) is 6.20 Å². The van der Waals surface area contributed by atoms with Crippen LogP contribution in [-0.4, -0.2) is 28.6 Å². The second-order valence-corrected chi connectivity index (χ2v) is 6.76. The molecule has 1 heterocycles. The van der Waals surface area contributed by atoms with Crippen molar-refractivity contribution in [1.29, 1.82) is 0 Å². The van der Waals surface area contributed by atoms with Crippen molar-refractivity contribution in [3.63, 3.8) is 0 Å². The van der Waals surface area contributed by atoms with Gasteiger partial charge in [0, 0.05) is 42.1 Å². The van der Waals surface area contributed by atoms with Crippen LogP contribution in [0, 0.1) is 12.8 Å². The van der Waals surface area contributed by atoms with Crippen molar-refractivity contribution >= 4 is 16.8 Å². The highest BCUT2D eigenvalue weighted by Gasteiger charge is 2.25. The molecule has 1 aromatic heterocycles. The van der Waals surface area contributed by atoms with E-state index in [1.54, 1.807) is 0 Å². The lowest BCUT2D eigenvalue weighted by atomic mass is 9.85. The minimum atomic E-state index is 0.0948. The molecule has 0 spiro atoms. The molecule has 0 bridgehead atoms. The molecule has 23 heavy (non-hydrogen) atoms. The van der Waals surface area contributed by atoms with Gasteiger partial charge in [-0.15, -0.1) is 0 Å². The summed E-state index contributed by atoms with van der Waals surface area (Å²) in [5.74, 6) is 0.320. The van der Waals surface area contributed by atoms with Gasteiger partial charge in [-0.05, 0) is 43.9 Å². The normalized spacial score (nSPS) is 21.5. The first-order chi connectivity index (χ1) is 11.2. The largest absolute Gasteiger partial charge is 0.396 e. The van der Waals surface area contributed by atoms with Gasteiger partial charge in [-0.2, -0.15) is 0 Å². The van der Waals surface area contributed by atoms with Crippen LogP contribution in [0.1, 0.15) is 43.2 Å². The van der Waals surface area contributed by atoms with Crippen LogP contribution in [0.5, 0.6) is 0 Å². The Morgan fingerprint density at radius 3 is 3.00 bits per heavy atom. The number of benzene rings is 1. The van der Waals surface area contributed by atoms with Gasteiger partial charge in [0.05, 0.1) is 0 Å². The number of H-pyrrole nitrogens is 1. The molecule has 1 aliphatic rings. The summed E-state index contributed by atoms with van der Waals surface area (Å²) in [6.45, 7) is 2.26. The van der Waals surface area contributed by atoms with E-state index in [2.05, 4.69) is 35.4 Å². The number of fused-ring (bicyclic) bond motifs is 1. The molecule has 1 fully saturated rings. The summed E-state index contributed by atoms with van der Waals surface area (Å²) in [6.07, 6.45) is 7.55. The van der Waals surface area contributed by atoms with Gasteiger partial charge < -0.3 is 15.4 Å². The van der Waals surface area contributed by atoms with E-state index in [0.29, 0.717) is 6.42 Å². The molecule has 4 nitrogen and oxygen atoms in total. The summed E-state index contributed by atoms with van der Waals surface area (Å²) in [5, 5.41) is 13.8. The zero-order valence-electron chi connectivity index (χ0n) is 13.8. The summed E-state index contributed by atoms with van der Waals surface area (Å²) in [6, 6.07) is 6.49. The molecular formula is C19H26N2O2. The van der Waals surface area contributed by atoms with E-state index in [4.69, 9.17) is 0 Å². The van der Waals surface area contributed by atoms with Crippen molar-refractivity contribution in [1.82, 2.24) is 10.3 Å². The SMILES string of the molecule is Cc1ccc2[nH]cc(CCC(=O)NC3CCCCC3CO)c2c1. The number of nitrogens with one attached hydrogen (secondary N) is 2. The van der Waals surface area contributed by atoms with Gasteiger partial charge >= 0.3 is 0 Å². The highest BCUT2D eigenvalue weighted by atomic mass is 16.3. The zero-order chi connectivity index (χ0) is 16.2. The molecule has 0 aliphatic heterocycles. The highest BCUT2D eigenvalue weighted by Crippen LogP contribution is 2.24. The third-order valence-electron chi connectivity index (χ3n) is 5.03. The number of aromatic nitrogens is 1. The number of aromatic amines is 1. The molecule has 3 N–H and O–H groups in total. The monoisotopic (exact) mass is 314 g/mol. The summed E-state index contributed by atoms with van der Waals surface area (Å²) < 4.78 is 0. The molecule has 2 aromatic rings. The van der Waals surface area contributed by atoms with Gasteiger partial charge in [-0.3, -0.25) is 4.79 Å². The Hall–Kier alpha value is -1.81. The number of aryl methyl sites for hydroxylation is 2. The fourth-order valence-corrected chi connectivity index (χ4v) is 3.64. The number of amides is 1. The zero-order valence-corrected chi connectivity index (χ0v) is 13.8. The lowest BCUT2D eigenvalue weighted by Crippen LogP contribution is -2.43. The smallest absolute Gasteiger partial charge is 0.220 e. The van der Waals surface area contributed by atoms with Crippen molar-refractivity contribution in [2.75, 3.05) is 6.61 Å². The molecule has 4 heteroatoms. The Balaban J connectivity index is 1.58. The second kappa shape index (κ2) is 7.18. The first-order valence-corrected chi connectivity index (χ1v) is 8.64. The van der Waals surface area contributed by atoms with Crippen molar-refractivity contribution in [3.8, 4) is 0 Å². The maximum absolute atomic E-state index is 12.3. The van der Waals surface area contributed by atoms with Gasteiger partial charge in [-0.25, -0.2) is 0 Å². The van der Waals surface area contributed by atoms with E-state index < -0.39 is 0 Å². The second-order valence-electron chi connectivity index (χ2n) is 6.76. The van der Waals surface area contributed by atoms with Crippen LogP contribution in [0.25, 0.3) is 10.9 Å². The van der Waals surface area contributed by atoms with Crippen LogP contribution in [0.3, 0.4) is 0 Å². The lowest BCUT2D eigenvalue weighted by molar-refractivity contribution is -0.122. The van der Waals surface area contributed by atoms with Gasteiger partial charge in [0.1, 0.15) is 0 Å². The van der Waals surface area contributed by atoms with Gasteiger partial charge in [0.2, 0.25) is 5.91 Å². The number of carbonyl (C=O) groups is 1. The quantitative estimate of drug-likeness (QED) is 0.794. The molecular weight excluding hydrogens is 288 g/mol. The fraction of sp³-hybridized carbons (Fsp3) is 0.526. The highest BCUT2D eigenvalue weighted by molar-refractivity contribution is 5.85. The van der Waals surface area contributed by atoms with Crippen LogP contribution < -0.4 is 5.32 Å². The summed E-state index contributed by atoms with van der Waals surface area (Å²) >= 11 is 0. The average Bonchev–Trinajstić information content (AvgIpc) is 2.95. The lowest BCUT2D eigenvalue weighted by Gasteiger charge is -2.30. The van der Waals surface area contributed by atoms with E-state index in [-0.39, 0.29) is 24.5 Å². The van der Waals surface area contributed by atoms with Crippen LogP contribution in [0.15, 0.2) is 24.4 Å². The molecule has 124 valence electrons. The third-order valence-corrected chi connectivity index (χ3v) is 5.03. The van der Waals surface area contributed by atoms with E-state index >= 15 is 0 Å². The van der Waals surface area contributed by atoms with Crippen LogP contribution in [0.2, 0.25) is 0 Å². The fourth-order valence-electron chi connectivity index (χ4n) is 3.64. The van der Waals surface area contributed by atoms with Crippen molar-refractivity contribution in [2.45, 2.75) is 51.5 Å². The van der Waals surface area contributed by atoms with E-state index in [0.717, 1.165) is 37.6 Å². The van der Waals surface area contributed by atoms with E-state index in [9.17, 15) is 9.90 Å². The van der Waals surface area contributed by atoms with Crippen LogP contribution in [-0.2, 0) is 11.2 Å².